The third-order valence-corrected chi connectivity index (χ3v) is 6.61. The summed E-state index contributed by atoms with van der Waals surface area (Å²) >= 11 is 0. The summed E-state index contributed by atoms with van der Waals surface area (Å²) in [6, 6.07) is 0. The van der Waals surface area contributed by atoms with Gasteiger partial charge in [0.05, 0.1) is 64.1 Å². The molecule has 11 heteroatoms. The Balaban J connectivity index is 2.10. The van der Waals surface area contributed by atoms with Crippen molar-refractivity contribution >= 4 is 0 Å². The average molecular weight is 483 g/mol. The van der Waals surface area contributed by atoms with Gasteiger partial charge in [-0.2, -0.15) is 0 Å². The highest BCUT2D eigenvalue weighted by atomic mass is 16.6. The van der Waals surface area contributed by atoms with Crippen LogP contribution in [0.2, 0.25) is 0 Å². The average Bonchev–Trinajstić information content (AvgIpc) is 2.83. The molecule has 0 radical (unpaired) electrons. The predicted octanol–water partition coefficient (Wildman–Crippen LogP) is -0.892. The van der Waals surface area contributed by atoms with Gasteiger partial charge in [-0.25, -0.2) is 0 Å². The minimum Gasteiger partial charge on any atom is -0.396 e. The Hall–Kier alpha value is -0.440. The molecule has 196 valence electrons. The number of ether oxygens (including phenoxy) is 9. The highest BCUT2D eigenvalue weighted by Gasteiger charge is 2.48. The van der Waals surface area contributed by atoms with Gasteiger partial charge in [-0.3, -0.25) is 0 Å². The SMILES string of the molecule is COCC1OC(COCC2C(COC)OC(CO)C(OC)C2OC)C(OC)C(OC)C1CO. The Bertz CT molecular complexity index is 525. The van der Waals surface area contributed by atoms with Crippen LogP contribution in [0, 0.1) is 11.8 Å². The molecule has 10 unspecified atom stereocenters. The van der Waals surface area contributed by atoms with Crippen LogP contribution in [-0.2, 0) is 42.6 Å². The second-order valence-corrected chi connectivity index (χ2v) is 8.37. The Kier molecular flexibility index (Phi) is 13.0. The van der Waals surface area contributed by atoms with E-state index in [9.17, 15) is 10.2 Å². The van der Waals surface area contributed by atoms with Gasteiger partial charge in [0, 0.05) is 54.5 Å². The second kappa shape index (κ2) is 14.8. The minimum absolute atomic E-state index is 0.113. The maximum atomic E-state index is 9.89. The van der Waals surface area contributed by atoms with E-state index < -0.39 is 24.4 Å². The van der Waals surface area contributed by atoms with Gasteiger partial charge in [-0.1, -0.05) is 0 Å². The molecule has 0 aromatic carbocycles. The first-order valence-corrected chi connectivity index (χ1v) is 11.2. The van der Waals surface area contributed by atoms with E-state index in [1.807, 2.05) is 0 Å². The van der Waals surface area contributed by atoms with Gasteiger partial charge in [0.2, 0.25) is 0 Å². The maximum Gasteiger partial charge on any atom is 0.112 e. The molecule has 0 aromatic heterocycles. The molecule has 0 aliphatic carbocycles. The number of aliphatic hydroxyl groups excluding tert-OH is 2. The topological polar surface area (TPSA) is 124 Å². The van der Waals surface area contributed by atoms with E-state index >= 15 is 0 Å². The van der Waals surface area contributed by atoms with E-state index in [1.165, 1.54) is 0 Å². The molecule has 0 aromatic rings. The number of hydrogen-bond donors (Lipinski definition) is 2. The van der Waals surface area contributed by atoms with Gasteiger partial charge in [0.1, 0.15) is 24.4 Å². The minimum atomic E-state index is -0.524. The first kappa shape index (κ1) is 28.8. The number of aliphatic hydroxyl groups is 2. The second-order valence-electron chi connectivity index (χ2n) is 8.37. The molecule has 33 heavy (non-hydrogen) atoms. The van der Waals surface area contributed by atoms with Crippen LogP contribution in [0.4, 0.5) is 0 Å². The molecule has 2 aliphatic rings. The van der Waals surface area contributed by atoms with E-state index in [-0.39, 0.29) is 62.7 Å². The molecular weight excluding hydrogens is 440 g/mol. The van der Waals surface area contributed by atoms with Gasteiger partial charge in [-0.05, 0) is 0 Å². The smallest absolute Gasteiger partial charge is 0.112 e. The Morgan fingerprint density at radius 2 is 1.00 bits per heavy atom. The lowest BCUT2D eigenvalue weighted by atomic mass is 9.86. The van der Waals surface area contributed by atoms with Crippen LogP contribution in [0.1, 0.15) is 0 Å². The first-order chi connectivity index (χ1) is 16.0. The molecule has 11 nitrogen and oxygen atoms in total. The molecule has 2 rings (SSSR count). The first-order valence-electron chi connectivity index (χ1n) is 11.2. The van der Waals surface area contributed by atoms with Crippen molar-refractivity contribution in [1.82, 2.24) is 0 Å². The third kappa shape index (κ3) is 6.83. The van der Waals surface area contributed by atoms with Crippen LogP contribution in [0.3, 0.4) is 0 Å². The van der Waals surface area contributed by atoms with E-state index in [1.54, 1.807) is 42.7 Å². The van der Waals surface area contributed by atoms with Crippen molar-refractivity contribution in [2.75, 3.05) is 82.3 Å². The van der Waals surface area contributed by atoms with Crippen molar-refractivity contribution in [2.45, 2.75) is 48.8 Å². The molecule has 0 bridgehead atoms. The fourth-order valence-electron chi connectivity index (χ4n) is 5.01. The molecule has 2 N–H and O–H groups in total. The van der Waals surface area contributed by atoms with Crippen LogP contribution in [0.25, 0.3) is 0 Å². The van der Waals surface area contributed by atoms with Gasteiger partial charge in [0.15, 0.2) is 0 Å². The quantitative estimate of drug-likeness (QED) is 0.320. The monoisotopic (exact) mass is 482 g/mol. The largest absolute Gasteiger partial charge is 0.396 e. The zero-order valence-corrected chi connectivity index (χ0v) is 20.6. The van der Waals surface area contributed by atoms with Crippen LogP contribution in [0.15, 0.2) is 0 Å². The molecule has 0 spiro atoms. The highest BCUT2D eigenvalue weighted by Crippen LogP contribution is 2.32. The third-order valence-electron chi connectivity index (χ3n) is 6.61. The number of hydrogen-bond acceptors (Lipinski definition) is 11. The summed E-state index contributed by atoms with van der Waals surface area (Å²) in [6.07, 6.45) is -3.29. The Morgan fingerprint density at radius 3 is 1.48 bits per heavy atom. The van der Waals surface area contributed by atoms with Crippen molar-refractivity contribution in [3.05, 3.63) is 0 Å². The summed E-state index contributed by atoms with van der Waals surface area (Å²) in [7, 11) is 9.52. The van der Waals surface area contributed by atoms with Gasteiger partial charge >= 0.3 is 0 Å². The van der Waals surface area contributed by atoms with Crippen LogP contribution >= 0.6 is 0 Å². The lowest BCUT2D eigenvalue weighted by Gasteiger charge is -2.46. The lowest BCUT2D eigenvalue weighted by molar-refractivity contribution is -0.253. The highest BCUT2D eigenvalue weighted by molar-refractivity contribution is 4.95. The van der Waals surface area contributed by atoms with E-state index in [4.69, 9.17) is 42.6 Å². The van der Waals surface area contributed by atoms with Crippen LogP contribution < -0.4 is 0 Å². The fraction of sp³-hybridized carbons (Fsp3) is 1.00. The summed E-state index contributed by atoms with van der Waals surface area (Å²) in [5.41, 5.74) is 0. The van der Waals surface area contributed by atoms with E-state index in [0.717, 1.165) is 0 Å². The van der Waals surface area contributed by atoms with Crippen molar-refractivity contribution < 1.29 is 52.8 Å². The zero-order chi connectivity index (χ0) is 24.4. The molecule has 0 amide bonds. The van der Waals surface area contributed by atoms with Crippen molar-refractivity contribution in [3.8, 4) is 0 Å². The summed E-state index contributed by atoms with van der Waals surface area (Å²) < 4.78 is 51.6. The lowest BCUT2D eigenvalue weighted by Crippen LogP contribution is -2.60. The zero-order valence-electron chi connectivity index (χ0n) is 20.6. The van der Waals surface area contributed by atoms with Crippen LogP contribution in [0.5, 0.6) is 0 Å². The summed E-state index contributed by atoms with van der Waals surface area (Å²) in [5.74, 6) is -0.491. The molecule has 10 atom stereocenters. The molecular formula is C22H42O11. The standard InChI is InChI=1S/C22H42O11/c1-25-10-16-13(7-23)19(27-3)22(30-6)18(33-16)12-31-9-14-17(11-26-2)32-15(8-24)21(29-5)20(14)28-4/h13-24H,7-12H2,1-6H3. The van der Waals surface area contributed by atoms with Gasteiger partial charge in [0.25, 0.3) is 0 Å². The Morgan fingerprint density at radius 1 is 0.515 bits per heavy atom. The van der Waals surface area contributed by atoms with Gasteiger partial charge in [-0.15, -0.1) is 0 Å². The summed E-state index contributed by atoms with van der Waals surface area (Å²) in [5, 5.41) is 19.6. The van der Waals surface area contributed by atoms with Gasteiger partial charge < -0.3 is 52.8 Å². The van der Waals surface area contributed by atoms with Crippen molar-refractivity contribution in [2.24, 2.45) is 11.8 Å². The summed E-state index contributed by atoms with van der Waals surface area (Å²) in [4.78, 5) is 0. The van der Waals surface area contributed by atoms with E-state index in [2.05, 4.69) is 0 Å². The fourth-order valence-corrected chi connectivity index (χ4v) is 5.01. The summed E-state index contributed by atoms with van der Waals surface area (Å²) in [6.45, 7) is 0.845. The molecule has 2 heterocycles. The molecule has 2 saturated heterocycles. The molecule has 2 fully saturated rings. The molecule has 2 aliphatic heterocycles. The predicted molar refractivity (Wildman–Crippen MR) is 116 cm³/mol. The molecule has 0 saturated carbocycles. The van der Waals surface area contributed by atoms with Crippen molar-refractivity contribution in [3.63, 3.8) is 0 Å². The number of rotatable bonds is 14. The van der Waals surface area contributed by atoms with Crippen LogP contribution in [-0.4, -0.2) is 141 Å². The Labute approximate surface area is 196 Å². The van der Waals surface area contributed by atoms with E-state index in [0.29, 0.717) is 13.2 Å². The normalized spacial score (nSPS) is 39.6. The van der Waals surface area contributed by atoms with Crippen molar-refractivity contribution in [1.29, 1.82) is 0 Å². The maximum absolute atomic E-state index is 9.89. The number of methoxy groups -OCH3 is 6.